The summed E-state index contributed by atoms with van der Waals surface area (Å²) in [4.78, 5) is 0. The van der Waals surface area contributed by atoms with Gasteiger partial charge in [0, 0.05) is 4.43 Å². The van der Waals surface area contributed by atoms with E-state index in [1.54, 1.807) is 0 Å². The van der Waals surface area contributed by atoms with E-state index in [2.05, 4.69) is 43.4 Å². The van der Waals surface area contributed by atoms with Crippen LogP contribution in [0.5, 0.6) is 0 Å². The molecule has 15 heavy (non-hydrogen) atoms. The zero-order valence-electron chi connectivity index (χ0n) is 10.4. The second kappa shape index (κ2) is 4.54. The van der Waals surface area contributed by atoms with Crippen molar-refractivity contribution in [3.63, 3.8) is 0 Å². The van der Waals surface area contributed by atoms with E-state index in [4.69, 9.17) is 0 Å². The Hall–Kier alpha value is 0.730. The first kappa shape index (κ1) is 12.2. The van der Waals surface area contributed by atoms with Crippen molar-refractivity contribution >= 4 is 22.6 Å². The van der Waals surface area contributed by atoms with Crippen LogP contribution in [0.15, 0.2) is 0 Å². The number of hydrogen-bond donors (Lipinski definition) is 0. The molecule has 0 aliphatic heterocycles. The average molecular weight is 320 g/mol. The Bertz CT molecular complexity index is 225. The molecule has 1 heteroatoms. The quantitative estimate of drug-likeness (QED) is 0.501. The molecule has 2 aliphatic carbocycles. The lowest BCUT2D eigenvalue weighted by atomic mass is 9.60. The molecule has 2 aliphatic rings. The van der Waals surface area contributed by atoms with Crippen LogP contribution in [0.1, 0.15) is 52.9 Å². The Morgan fingerprint density at radius 1 is 1.33 bits per heavy atom. The van der Waals surface area contributed by atoms with Gasteiger partial charge in [-0.2, -0.15) is 0 Å². The molecule has 0 aromatic heterocycles. The van der Waals surface area contributed by atoms with Crippen LogP contribution in [-0.4, -0.2) is 4.43 Å². The summed E-state index contributed by atoms with van der Waals surface area (Å²) in [5, 5.41) is 0. The zero-order chi connectivity index (χ0) is 11.1. The predicted molar refractivity (Wildman–Crippen MR) is 75.4 cm³/mol. The molecule has 0 N–H and O–H groups in total. The Morgan fingerprint density at radius 2 is 2.07 bits per heavy atom. The molecule has 2 rings (SSSR count). The molecule has 0 radical (unpaired) electrons. The van der Waals surface area contributed by atoms with E-state index in [0.717, 1.165) is 23.7 Å². The van der Waals surface area contributed by atoms with Crippen LogP contribution >= 0.6 is 22.6 Å². The van der Waals surface area contributed by atoms with E-state index < -0.39 is 0 Å². The Kier molecular flexibility index (Phi) is 3.69. The third-order valence-electron chi connectivity index (χ3n) is 5.47. The summed E-state index contributed by atoms with van der Waals surface area (Å²) in [7, 11) is 0. The molecular formula is C14H25I. The molecule has 0 bridgehead atoms. The van der Waals surface area contributed by atoms with Crippen molar-refractivity contribution in [2.45, 2.75) is 52.9 Å². The van der Waals surface area contributed by atoms with Gasteiger partial charge in [-0.15, -0.1) is 0 Å². The lowest BCUT2D eigenvalue weighted by Gasteiger charge is -2.45. The lowest BCUT2D eigenvalue weighted by molar-refractivity contribution is 0.0418. The summed E-state index contributed by atoms with van der Waals surface area (Å²) in [5.74, 6) is 3.99. The summed E-state index contributed by atoms with van der Waals surface area (Å²) in [6.45, 7) is 7.58. The van der Waals surface area contributed by atoms with Crippen LogP contribution in [0.3, 0.4) is 0 Å². The molecule has 2 fully saturated rings. The molecule has 0 saturated heterocycles. The van der Waals surface area contributed by atoms with Gasteiger partial charge in [-0.25, -0.2) is 0 Å². The Morgan fingerprint density at radius 3 is 2.73 bits per heavy atom. The lowest BCUT2D eigenvalue weighted by Crippen LogP contribution is -2.38. The maximum Gasteiger partial charge on any atom is 0.00239 e. The highest BCUT2D eigenvalue weighted by molar-refractivity contribution is 14.1. The molecular weight excluding hydrogens is 295 g/mol. The fourth-order valence-corrected chi connectivity index (χ4v) is 5.26. The van der Waals surface area contributed by atoms with Crippen molar-refractivity contribution in [1.82, 2.24) is 0 Å². The topological polar surface area (TPSA) is 0 Å². The molecule has 0 aromatic carbocycles. The predicted octanol–water partition coefficient (Wildman–Crippen LogP) is 4.91. The van der Waals surface area contributed by atoms with Crippen LogP contribution in [0.25, 0.3) is 0 Å². The highest BCUT2D eigenvalue weighted by Crippen LogP contribution is 2.59. The van der Waals surface area contributed by atoms with Crippen molar-refractivity contribution in [2.24, 2.45) is 29.1 Å². The van der Waals surface area contributed by atoms with Gasteiger partial charge in [0.05, 0.1) is 0 Å². The van der Waals surface area contributed by atoms with E-state index in [1.165, 1.54) is 36.5 Å². The number of hydrogen-bond acceptors (Lipinski definition) is 0. The molecule has 0 amide bonds. The molecule has 0 unspecified atom stereocenters. The number of alkyl halides is 1. The smallest absolute Gasteiger partial charge is 0.00239 e. The minimum Gasteiger partial charge on any atom is -0.0861 e. The van der Waals surface area contributed by atoms with Crippen LogP contribution < -0.4 is 0 Å². The summed E-state index contributed by atoms with van der Waals surface area (Å²) < 4.78 is 1.35. The Balaban J connectivity index is 2.17. The van der Waals surface area contributed by atoms with Gasteiger partial charge < -0.3 is 0 Å². The van der Waals surface area contributed by atoms with E-state index in [9.17, 15) is 0 Å². The van der Waals surface area contributed by atoms with E-state index in [0.29, 0.717) is 5.41 Å². The normalized spacial score (nSPS) is 47.6. The maximum absolute atomic E-state index is 2.60. The van der Waals surface area contributed by atoms with Crippen molar-refractivity contribution < 1.29 is 0 Å². The average Bonchev–Trinajstić information content (AvgIpc) is 2.56. The molecule has 0 spiro atoms. The van der Waals surface area contributed by atoms with Gasteiger partial charge in [0.1, 0.15) is 0 Å². The second-order valence-electron chi connectivity index (χ2n) is 6.30. The van der Waals surface area contributed by atoms with E-state index in [-0.39, 0.29) is 0 Å². The van der Waals surface area contributed by atoms with Gasteiger partial charge in [0.2, 0.25) is 0 Å². The first-order chi connectivity index (χ1) is 7.09. The standard InChI is InChI=1S/C14H25I/c1-10-5-4-8-14(3)12(10)6-7-13(14)11(2)9-15/h10-13H,4-9H2,1-3H3/t10-,11-,12-,13+,14-/m0/s1. The minimum atomic E-state index is 0.697. The fraction of sp³-hybridized carbons (Fsp3) is 1.00. The second-order valence-corrected chi connectivity index (χ2v) is 7.18. The SMILES string of the molecule is C[C@@H](CI)[C@H]1CC[C@H]2[C@@H](C)CCC[C@]12C. The van der Waals surface area contributed by atoms with E-state index in [1.807, 2.05) is 0 Å². The third kappa shape index (κ3) is 1.98. The van der Waals surface area contributed by atoms with Gasteiger partial charge in [-0.05, 0) is 48.3 Å². The Labute approximate surface area is 109 Å². The summed E-state index contributed by atoms with van der Waals surface area (Å²) in [6, 6.07) is 0. The zero-order valence-corrected chi connectivity index (χ0v) is 12.6. The van der Waals surface area contributed by atoms with Gasteiger partial charge in [-0.3, -0.25) is 0 Å². The number of fused-ring (bicyclic) bond motifs is 1. The van der Waals surface area contributed by atoms with Crippen molar-refractivity contribution in [3.05, 3.63) is 0 Å². The highest BCUT2D eigenvalue weighted by Gasteiger charge is 2.50. The maximum atomic E-state index is 2.60. The minimum absolute atomic E-state index is 0.697. The number of halogens is 1. The number of rotatable bonds is 2. The first-order valence-electron chi connectivity index (χ1n) is 6.65. The van der Waals surface area contributed by atoms with Crippen molar-refractivity contribution in [1.29, 1.82) is 0 Å². The van der Waals surface area contributed by atoms with Gasteiger partial charge in [-0.1, -0.05) is 56.2 Å². The van der Waals surface area contributed by atoms with Crippen LogP contribution in [0.4, 0.5) is 0 Å². The first-order valence-corrected chi connectivity index (χ1v) is 8.18. The fourth-order valence-electron chi connectivity index (χ4n) is 4.65. The summed E-state index contributed by atoms with van der Waals surface area (Å²) in [6.07, 6.45) is 7.51. The van der Waals surface area contributed by atoms with E-state index >= 15 is 0 Å². The van der Waals surface area contributed by atoms with Crippen LogP contribution in [0, 0.1) is 29.1 Å². The summed E-state index contributed by atoms with van der Waals surface area (Å²) >= 11 is 2.58. The summed E-state index contributed by atoms with van der Waals surface area (Å²) in [5.41, 5.74) is 0.697. The molecule has 0 nitrogen and oxygen atoms in total. The van der Waals surface area contributed by atoms with Crippen LogP contribution in [0.2, 0.25) is 0 Å². The largest absolute Gasteiger partial charge is 0.0861 e. The molecule has 5 atom stereocenters. The van der Waals surface area contributed by atoms with Gasteiger partial charge in [0.25, 0.3) is 0 Å². The van der Waals surface area contributed by atoms with Gasteiger partial charge >= 0.3 is 0 Å². The highest BCUT2D eigenvalue weighted by atomic mass is 127. The monoisotopic (exact) mass is 320 g/mol. The molecule has 2 saturated carbocycles. The van der Waals surface area contributed by atoms with Crippen molar-refractivity contribution in [2.75, 3.05) is 4.43 Å². The third-order valence-corrected chi connectivity index (χ3v) is 6.86. The van der Waals surface area contributed by atoms with Crippen LogP contribution in [-0.2, 0) is 0 Å². The molecule has 0 aromatic rings. The molecule has 0 heterocycles. The van der Waals surface area contributed by atoms with Crippen molar-refractivity contribution in [3.8, 4) is 0 Å². The van der Waals surface area contributed by atoms with Gasteiger partial charge in [0.15, 0.2) is 0 Å². The molecule has 88 valence electrons.